The van der Waals surface area contributed by atoms with Crippen molar-refractivity contribution >= 4 is 17.6 Å². The molecule has 2 aromatic heterocycles. The Hall–Kier alpha value is -2.90. The Balaban J connectivity index is 1.62. The first-order valence-corrected chi connectivity index (χ1v) is 8.35. The normalized spacial score (nSPS) is 16.6. The highest BCUT2D eigenvalue weighted by atomic mass is 16.4. The summed E-state index contributed by atoms with van der Waals surface area (Å²) in [5.74, 6) is -0.701. The molecule has 1 saturated carbocycles. The zero-order chi connectivity index (χ0) is 17.6. The number of carbonyl (C=O) groups is 2. The zero-order valence-corrected chi connectivity index (χ0v) is 13.7. The number of hydrogen-bond acceptors (Lipinski definition) is 5. The van der Waals surface area contributed by atoms with Gasteiger partial charge in [0, 0.05) is 42.7 Å². The molecule has 2 aliphatic rings. The Morgan fingerprint density at radius 1 is 1.36 bits per heavy atom. The molecular weight excluding hydrogens is 322 g/mol. The van der Waals surface area contributed by atoms with Crippen molar-refractivity contribution in [3.05, 3.63) is 41.0 Å². The van der Waals surface area contributed by atoms with Gasteiger partial charge >= 0.3 is 5.97 Å². The summed E-state index contributed by atoms with van der Waals surface area (Å²) in [5, 5.41) is 13.8. The van der Waals surface area contributed by atoms with Crippen LogP contribution < -0.4 is 5.73 Å². The van der Waals surface area contributed by atoms with Crippen LogP contribution in [0.2, 0.25) is 0 Å². The summed E-state index contributed by atoms with van der Waals surface area (Å²) in [7, 11) is 0. The number of pyridine rings is 1. The standard InChI is InChI=1S/C17H19N5O3/c18-11-3-5-19-13(7-11)16(23)21-6-4-14-12(9-21)15(17(24)25)20-22(14)8-10-1-2-10/h3,5,7,10H,1-2,4,6,8-9H2,(H2,18,19)(H,24,25). The quantitative estimate of drug-likeness (QED) is 0.863. The Kier molecular flexibility index (Phi) is 3.67. The minimum absolute atomic E-state index is 0.0497. The molecule has 0 spiro atoms. The molecule has 1 aliphatic heterocycles. The monoisotopic (exact) mass is 341 g/mol. The lowest BCUT2D eigenvalue weighted by molar-refractivity contribution is 0.0673. The van der Waals surface area contributed by atoms with Gasteiger partial charge in [-0.25, -0.2) is 4.79 Å². The number of nitrogens with two attached hydrogens (primary N) is 1. The van der Waals surface area contributed by atoms with Gasteiger partial charge in [0.25, 0.3) is 5.91 Å². The molecule has 0 radical (unpaired) electrons. The smallest absolute Gasteiger partial charge is 0.356 e. The number of carboxylic acids is 1. The van der Waals surface area contributed by atoms with Crippen molar-refractivity contribution in [1.29, 1.82) is 0 Å². The van der Waals surface area contributed by atoms with Crippen LogP contribution in [0.15, 0.2) is 18.3 Å². The average molecular weight is 341 g/mol. The summed E-state index contributed by atoms with van der Waals surface area (Å²) in [5.41, 5.74) is 8.09. The maximum absolute atomic E-state index is 12.7. The maximum atomic E-state index is 12.7. The molecule has 8 heteroatoms. The lowest BCUT2D eigenvalue weighted by Crippen LogP contribution is -2.37. The molecule has 2 aromatic rings. The fraction of sp³-hybridized carbons (Fsp3) is 0.412. The highest BCUT2D eigenvalue weighted by Gasteiger charge is 2.32. The third kappa shape index (κ3) is 2.95. The number of carboxylic acid groups (broad SMARTS) is 1. The lowest BCUT2D eigenvalue weighted by atomic mass is 10.0. The Labute approximate surface area is 144 Å². The molecule has 3 heterocycles. The third-order valence-corrected chi connectivity index (χ3v) is 4.75. The van der Waals surface area contributed by atoms with E-state index in [4.69, 9.17) is 5.73 Å². The van der Waals surface area contributed by atoms with Crippen LogP contribution in [0.25, 0.3) is 0 Å². The molecule has 3 N–H and O–H groups in total. The van der Waals surface area contributed by atoms with E-state index in [1.807, 2.05) is 4.68 Å². The number of carbonyl (C=O) groups excluding carboxylic acids is 1. The average Bonchev–Trinajstić information content (AvgIpc) is 3.34. The number of nitrogens with zero attached hydrogens (tertiary/aromatic N) is 4. The van der Waals surface area contributed by atoms with Crippen LogP contribution in [0.5, 0.6) is 0 Å². The van der Waals surface area contributed by atoms with Gasteiger partial charge in [0.15, 0.2) is 5.69 Å². The largest absolute Gasteiger partial charge is 0.476 e. The van der Waals surface area contributed by atoms with Crippen molar-refractivity contribution in [2.45, 2.75) is 32.4 Å². The molecule has 1 aliphatic carbocycles. The minimum atomic E-state index is -1.05. The van der Waals surface area contributed by atoms with Crippen LogP contribution in [-0.2, 0) is 19.5 Å². The van der Waals surface area contributed by atoms with Gasteiger partial charge in [-0.05, 0) is 30.9 Å². The molecule has 130 valence electrons. The number of amides is 1. The number of anilines is 1. The number of fused-ring (bicyclic) bond motifs is 1. The second-order valence-electron chi connectivity index (χ2n) is 6.66. The van der Waals surface area contributed by atoms with Gasteiger partial charge < -0.3 is 15.7 Å². The van der Waals surface area contributed by atoms with Crippen LogP contribution in [0.3, 0.4) is 0 Å². The summed E-state index contributed by atoms with van der Waals surface area (Å²) in [6.45, 7) is 1.51. The van der Waals surface area contributed by atoms with Crippen molar-refractivity contribution in [2.24, 2.45) is 5.92 Å². The van der Waals surface area contributed by atoms with E-state index in [0.29, 0.717) is 30.1 Å². The van der Waals surface area contributed by atoms with Gasteiger partial charge in [-0.2, -0.15) is 5.10 Å². The van der Waals surface area contributed by atoms with Gasteiger partial charge in [0.1, 0.15) is 5.69 Å². The Morgan fingerprint density at radius 3 is 2.84 bits per heavy atom. The van der Waals surface area contributed by atoms with E-state index in [9.17, 15) is 14.7 Å². The van der Waals surface area contributed by atoms with Crippen molar-refractivity contribution in [3.8, 4) is 0 Å². The van der Waals surface area contributed by atoms with E-state index in [0.717, 1.165) is 12.2 Å². The van der Waals surface area contributed by atoms with E-state index in [1.54, 1.807) is 11.0 Å². The number of aromatic carboxylic acids is 1. The first-order chi connectivity index (χ1) is 12.0. The minimum Gasteiger partial charge on any atom is -0.476 e. The van der Waals surface area contributed by atoms with Gasteiger partial charge in [0.2, 0.25) is 0 Å². The second kappa shape index (κ2) is 5.87. The third-order valence-electron chi connectivity index (χ3n) is 4.75. The second-order valence-corrected chi connectivity index (χ2v) is 6.66. The van der Waals surface area contributed by atoms with E-state index >= 15 is 0 Å². The van der Waals surface area contributed by atoms with Gasteiger partial charge in [-0.15, -0.1) is 0 Å². The van der Waals surface area contributed by atoms with E-state index in [1.165, 1.54) is 25.1 Å². The summed E-state index contributed by atoms with van der Waals surface area (Å²) in [6, 6.07) is 3.15. The molecule has 4 rings (SSSR count). The lowest BCUT2D eigenvalue weighted by Gasteiger charge is -2.27. The molecule has 0 saturated heterocycles. The number of nitrogen functional groups attached to an aromatic ring is 1. The van der Waals surface area contributed by atoms with Crippen LogP contribution in [-0.4, -0.2) is 43.2 Å². The first-order valence-electron chi connectivity index (χ1n) is 8.35. The Bertz CT molecular complexity index is 856. The summed E-state index contributed by atoms with van der Waals surface area (Å²) in [6.07, 6.45) is 4.43. The van der Waals surface area contributed by atoms with Crippen LogP contribution in [0.4, 0.5) is 5.69 Å². The molecule has 0 unspecified atom stereocenters. The summed E-state index contributed by atoms with van der Waals surface area (Å²) in [4.78, 5) is 29.9. The van der Waals surface area contributed by atoms with Crippen LogP contribution in [0, 0.1) is 5.92 Å². The molecule has 0 aromatic carbocycles. The molecular formula is C17H19N5O3. The molecule has 8 nitrogen and oxygen atoms in total. The first kappa shape index (κ1) is 15.6. The number of aromatic nitrogens is 3. The fourth-order valence-electron chi connectivity index (χ4n) is 3.26. The molecule has 0 atom stereocenters. The summed E-state index contributed by atoms with van der Waals surface area (Å²) < 4.78 is 1.83. The molecule has 25 heavy (non-hydrogen) atoms. The van der Waals surface area contributed by atoms with E-state index < -0.39 is 5.97 Å². The number of rotatable bonds is 4. The van der Waals surface area contributed by atoms with E-state index in [-0.39, 0.29) is 23.8 Å². The topological polar surface area (TPSA) is 114 Å². The van der Waals surface area contributed by atoms with Gasteiger partial charge in [-0.1, -0.05) is 0 Å². The maximum Gasteiger partial charge on any atom is 0.356 e. The van der Waals surface area contributed by atoms with Gasteiger partial charge in [-0.3, -0.25) is 14.5 Å². The molecule has 1 fully saturated rings. The SMILES string of the molecule is Nc1ccnc(C(=O)N2CCc3c(c(C(=O)O)nn3CC3CC3)C2)c1. The van der Waals surface area contributed by atoms with Crippen molar-refractivity contribution in [3.63, 3.8) is 0 Å². The van der Waals surface area contributed by atoms with Crippen molar-refractivity contribution in [2.75, 3.05) is 12.3 Å². The summed E-state index contributed by atoms with van der Waals surface area (Å²) >= 11 is 0. The predicted octanol–water partition coefficient (Wildman–Crippen LogP) is 1.17. The molecule has 1 amide bonds. The Morgan fingerprint density at radius 2 is 2.16 bits per heavy atom. The van der Waals surface area contributed by atoms with Crippen LogP contribution in [0.1, 0.15) is 45.1 Å². The van der Waals surface area contributed by atoms with Crippen molar-refractivity contribution < 1.29 is 14.7 Å². The number of hydrogen-bond donors (Lipinski definition) is 2. The fourth-order valence-corrected chi connectivity index (χ4v) is 3.26. The predicted molar refractivity (Wildman–Crippen MR) is 89.0 cm³/mol. The molecule has 0 bridgehead atoms. The van der Waals surface area contributed by atoms with Gasteiger partial charge in [0.05, 0.1) is 6.54 Å². The van der Waals surface area contributed by atoms with Crippen molar-refractivity contribution in [1.82, 2.24) is 19.7 Å². The highest BCUT2D eigenvalue weighted by Crippen LogP contribution is 2.32. The van der Waals surface area contributed by atoms with Crippen LogP contribution >= 0.6 is 0 Å². The highest BCUT2D eigenvalue weighted by molar-refractivity contribution is 5.93. The zero-order valence-electron chi connectivity index (χ0n) is 13.7. The van der Waals surface area contributed by atoms with E-state index in [2.05, 4.69) is 10.1 Å².